The summed E-state index contributed by atoms with van der Waals surface area (Å²) in [5.74, 6) is 2.94. The van der Waals surface area contributed by atoms with E-state index in [-0.39, 0.29) is 5.91 Å². The van der Waals surface area contributed by atoms with Gasteiger partial charge in [-0.2, -0.15) is 15.0 Å². The molecule has 2 aromatic carbocycles. The van der Waals surface area contributed by atoms with Crippen LogP contribution in [0.3, 0.4) is 0 Å². The van der Waals surface area contributed by atoms with Crippen molar-refractivity contribution in [2.75, 3.05) is 76.2 Å². The summed E-state index contributed by atoms with van der Waals surface area (Å²) in [5, 5.41) is 12.5. The average molecular weight is 568 g/mol. The van der Waals surface area contributed by atoms with Crippen LogP contribution < -0.4 is 30.7 Å². The zero-order valence-corrected chi connectivity index (χ0v) is 24.2. The largest absolute Gasteiger partial charge is 0.493 e. The highest BCUT2D eigenvalue weighted by atomic mass is 16.5. The lowest BCUT2D eigenvalue weighted by Gasteiger charge is -2.13. The van der Waals surface area contributed by atoms with Crippen LogP contribution in [-0.4, -0.2) is 81.1 Å². The van der Waals surface area contributed by atoms with E-state index in [1.54, 1.807) is 26.4 Å². The number of methoxy groups -OCH3 is 2. The van der Waals surface area contributed by atoms with E-state index in [2.05, 4.69) is 50.1 Å². The Bertz CT molecular complexity index is 1200. The summed E-state index contributed by atoms with van der Waals surface area (Å²) in [5.41, 5.74) is 1.37. The Kier molecular flexibility index (Phi) is 13.4. The quantitative estimate of drug-likeness (QED) is 0.156. The molecule has 3 aromatic rings. The van der Waals surface area contributed by atoms with Gasteiger partial charge in [0.05, 0.1) is 40.6 Å². The predicted molar refractivity (Wildman–Crippen MR) is 160 cm³/mol. The summed E-state index contributed by atoms with van der Waals surface area (Å²) in [7, 11) is 3.18. The molecule has 1 amide bonds. The van der Waals surface area contributed by atoms with E-state index in [9.17, 15) is 4.79 Å². The van der Waals surface area contributed by atoms with E-state index in [4.69, 9.17) is 18.9 Å². The standard InChI is InChI=1S/C29H41N7O5/c1-21(2)12-13-31-27-34-28(36-29(35-27)33-23-10-11-24(38-3)25(20-23)39-4)32-15-17-41-19-18-40-16-14-30-26(37)22-8-6-5-7-9-22/h5-11,20-21H,12-19H2,1-4H3,(H,30,37)(H3,31,32,33,34,35,36). The third-order valence-electron chi connectivity index (χ3n) is 5.75. The van der Waals surface area contributed by atoms with Crippen molar-refractivity contribution in [3.63, 3.8) is 0 Å². The number of nitrogens with one attached hydrogen (secondary N) is 4. The predicted octanol–water partition coefficient (Wildman–Crippen LogP) is 3.97. The number of carbonyl (C=O) groups is 1. The van der Waals surface area contributed by atoms with Crippen molar-refractivity contribution >= 4 is 29.4 Å². The van der Waals surface area contributed by atoms with Gasteiger partial charge in [0.15, 0.2) is 11.5 Å². The summed E-state index contributed by atoms with van der Waals surface area (Å²) in [6.45, 7) is 7.72. The van der Waals surface area contributed by atoms with Gasteiger partial charge in [0, 0.05) is 37.0 Å². The van der Waals surface area contributed by atoms with Crippen molar-refractivity contribution in [2.24, 2.45) is 5.92 Å². The van der Waals surface area contributed by atoms with Crippen LogP contribution in [0.25, 0.3) is 0 Å². The highest BCUT2D eigenvalue weighted by molar-refractivity contribution is 5.94. The van der Waals surface area contributed by atoms with Crippen LogP contribution in [0.2, 0.25) is 0 Å². The number of aromatic nitrogens is 3. The number of rotatable bonds is 19. The molecule has 12 heteroatoms. The fraction of sp³-hybridized carbons (Fsp3) is 0.448. The van der Waals surface area contributed by atoms with Gasteiger partial charge in [-0.1, -0.05) is 32.0 Å². The summed E-state index contributed by atoms with van der Waals surface area (Å²) in [6.07, 6.45) is 0.988. The van der Waals surface area contributed by atoms with E-state index < -0.39 is 0 Å². The molecule has 3 rings (SSSR count). The number of ether oxygens (including phenoxy) is 4. The highest BCUT2D eigenvalue weighted by Crippen LogP contribution is 2.30. The number of hydrogen-bond donors (Lipinski definition) is 4. The third kappa shape index (κ3) is 11.5. The Morgan fingerprint density at radius 3 is 2.05 bits per heavy atom. The Balaban J connectivity index is 1.42. The zero-order chi connectivity index (χ0) is 29.3. The van der Waals surface area contributed by atoms with Crippen molar-refractivity contribution < 1.29 is 23.7 Å². The van der Waals surface area contributed by atoms with Crippen LogP contribution in [-0.2, 0) is 9.47 Å². The first-order valence-electron chi connectivity index (χ1n) is 13.7. The maximum atomic E-state index is 12.0. The second-order valence-corrected chi connectivity index (χ2v) is 9.38. The monoisotopic (exact) mass is 567 g/mol. The maximum Gasteiger partial charge on any atom is 0.251 e. The number of carbonyl (C=O) groups excluding carboxylic acids is 1. The number of benzene rings is 2. The van der Waals surface area contributed by atoms with Crippen molar-refractivity contribution in [1.29, 1.82) is 0 Å². The van der Waals surface area contributed by atoms with Crippen molar-refractivity contribution in [1.82, 2.24) is 20.3 Å². The van der Waals surface area contributed by atoms with Gasteiger partial charge in [-0.3, -0.25) is 4.79 Å². The molecule has 12 nitrogen and oxygen atoms in total. The summed E-state index contributed by atoms with van der Waals surface area (Å²) in [6, 6.07) is 14.6. The van der Waals surface area contributed by atoms with Crippen LogP contribution in [0, 0.1) is 5.92 Å². The van der Waals surface area contributed by atoms with E-state index >= 15 is 0 Å². The minimum absolute atomic E-state index is 0.116. The second-order valence-electron chi connectivity index (χ2n) is 9.38. The SMILES string of the molecule is COc1ccc(Nc2nc(NCCOCCOCCNC(=O)c3ccccc3)nc(NCCC(C)C)n2)cc1OC. The van der Waals surface area contributed by atoms with Crippen LogP contribution in [0.4, 0.5) is 23.5 Å². The molecule has 0 saturated heterocycles. The normalized spacial score (nSPS) is 10.8. The molecule has 0 aliphatic rings. The van der Waals surface area contributed by atoms with Gasteiger partial charge in [0.2, 0.25) is 17.8 Å². The van der Waals surface area contributed by atoms with Gasteiger partial charge in [0.1, 0.15) is 0 Å². The summed E-state index contributed by atoms with van der Waals surface area (Å²) < 4.78 is 21.9. The maximum absolute atomic E-state index is 12.0. The van der Waals surface area contributed by atoms with E-state index in [0.29, 0.717) is 80.3 Å². The van der Waals surface area contributed by atoms with Crippen molar-refractivity contribution in [3.8, 4) is 11.5 Å². The van der Waals surface area contributed by atoms with Gasteiger partial charge < -0.3 is 40.2 Å². The molecule has 0 bridgehead atoms. The topological polar surface area (TPSA) is 141 Å². The number of amides is 1. The molecule has 4 N–H and O–H groups in total. The third-order valence-corrected chi connectivity index (χ3v) is 5.75. The van der Waals surface area contributed by atoms with Crippen LogP contribution in [0.1, 0.15) is 30.6 Å². The molecular weight excluding hydrogens is 526 g/mol. The molecule has 0 unspecified atom stereocenters. The van der Waals surface area contributed by atoms with Gasteiger partial charge in [0.25, 0.3) is 5.91 Å². The molecule has 0 aliphatic carbocycles. The number of nitrogens with zero attached hydrogens (tertiary/aromatic N) is 3. The smallest absolute Gasteiger partial charge is 0.251 e. The Labute approximate surface area is 241 Å². The van der Waals surface area contributed by atoms with Crippen LogP contribution in [0.15, 0.2) is 48.5 Å². The first-order chi connectivity index (χ1) is 20.0. The highest BCUT2D eigenvalue weighted by Gasteiger charge is 2.10. The van der Waals surface area contributed by atoms with Crippen LogP contribution >= 0.6 is 0 Å². The Morgan fingerprint density at radius 2 is 1.39 bits per heavy atom. The van der Waals surface area contributed by atoms with Gasteiger partial charge in [-0.05, 0) is 36.6 Å². The van der Waals surface area contributed by atoms with Crippen molar-refractivity contribution in [2.45, 2.75) is 20.3 Å². The molecule has 0 aliphatic heterocycles. The second kappa shape index (κ2) is 17.5. The molecule has 222 valence electrons. The van der Waals surface area contributed by atoms with E-state index in [1.807, 2.05) is 36.4 Å². The fourth-order valence-electron chi connectivity index (χ4n) is 3.59. The fourth-order valence-corrected chi connectivity index (χ4v) is 3.59. The minimum atomic E-state index is -0.116. The van der Waals surface area contributed by atoms with E-state index in [1.165, 1.54) is 0 Å². The lowest BCUT2D eigenvalue weighted by atomic mass is 10.1. The zero-order valence-electron chi connectivity index (χ0n) is 24.2. The first kappa shape index (κ1) is 31.4. The summed E-state index contributed by atoms with van der Waals surface area (Å²) >= 11 is 0. The average Bonchev–Trinajstić information content (AvgIpc) is 2.98. The lowest BCUT2D eigenvalue weighted by molar-refractivity contribution is 0.0519. The Morgan fingerprint density at radius 1 is 0.756 bits per heavy atom. The minimum Gasteiger partial charge on any atom is -0.493 e. The molecule has 0 fully saturated rings. The Hall–Kier alpha value is -4.16. The van der Waals surface area contributed by atoms with Crippen molar-refractivity contribution in [3.05, 3.63) is 54.1 Å². The molecule has 1 aromatic heterocycles. The van der Waals surface area contributed by atoms with Gasteiger partial charge in [-0.25, -0.2) is 0 Å². The van der Waals surface area contributed by atoms with Gasteiger partial charge >= 0.3 is 0 Å². The first-order valence-corrected chi connectivity index (χ1v) is 13.7. The molecule has 0 radical (unpaired) electrons. The molecule has 0 atom stereocenters. The summed E-state index contributed by atoms with van der Waals surface area (Å²) in [4.78, 5) is 25.5. The van der Waals surface area contributed by atoms with E-state index in [0.717, 1.165) is 18.7 Å². The molecule has 1 heterocycles. The molecule has 0 spiro atoms. The number of anilines is 4. The molecular formula is C29H41N7O5. The van der Waals surface area contributed by atoms with Crippen LogP contribution in [0.5, 0.6) is 11.5 Å². The van der Waals surface area contributed by atoms with Gasteiger partial charge in [-0.15, -0.1) is 0 Å². The molecule has 0 saturated carbocycles. The molecule has 41 heavy (non-hydrogen) atoms. The lowest BCUT2D eigenvalue weighted by Crippen LogP contribution is -2.27. The number of hydrogen-bond acceptors (Lipinski definition) is 11.